The van der Waals surface area contributed by atoms with Gasteiger partial charge in [0.25, 0.3) is 0 Å². The average Bonchev–Trinajstić information content (AvgIpc) is 3.36. The van der Waals surface area contributed by atoms with E-state index < -0.39 is 0 Å². The summed E-state index contributed by atoms with van der Waals surface area (Å²) in [7, 11) is 0. The fraction of sp³-hybridized carbons (Fsp3) is 0.278. The van der Waals surface area contributed by atoms with Gasteiger partial charge in [0.15, 0.2) is 0 Å². The van der Waals surface area contributed by atoms with Crippen LogP contribution < -0.4 is 5.32 Å². The highest BCUT2D eigenvalue weighted by molar-refractivity contribution is 5.93. The van der Waals surface area contributed by atoms with Gasteiger partial charge >= 0.3 is 6.03 Å². The molecule has 25 heavy (non-hydrogen) atoms. The van der Waals surface area contributed by atoms with Gasteiger partial charge in [-0.1, -0.05) is 12.1 Å². The van der Waals surface area contributed by atoms with Gasteiger partial charge in [-0.25, -0.2) is 14.8 Å². The molecule has 7 nitrogen and oxygen atoms in total. The molecule has 4 rings (SSSR count). The maximum atomic E-state index is 12.7. The number of hydrogen-bond donors (Lipinski definition) is 2. The minimum atomic E-state index is -0.115. The van der Waals surface area contributed by atoms with Gasteiger partial charge in [-0.3, -0.25) is 0 Å². The molecule has 1 saturated heterocycles. The number of nitrogens with one attached hydrogen (secondary N) is 2. The Balaban J connectivity index is 1.49. The zero-order chi connectivity index (χ0) is 17.1. The van der Waals surface area contributed by atoms with Gasteiger partial charge in [0.2, 0.25) is 5.89 Å². The molecule has 0 aliphatic carbocycles. The summed E-state index contributed by atoms with van der Waals surface area (Å²) in [5.41, 5.74) is 1.45. The number of para-hydroxylation sites is 1. The van der Waals surface area contributed by atoms with E-state index in [2.05, 4.69) is 20.3 Å². The smallest absolute Gasteiger partial charge is 0.321 e. The lowest BCUT2D eigenvalue weighted by molar-refractivity contribution is 0.191. The lowest BCUT2D eigenvalue weighted by Crippen LogP contribution is -2.41. The van der Waals surface area contributed by atoms with Crippen LogP contribution in [0, 0.1) is 0 Å². The third-order valence-electron chi connectivity index (χ3n) is 4.45. The first-order chi connectivity index (χ1) is 12.3. The fourth-order valence-electron chi connectivity index (χ4n) is 3.21. The van der Waals surface area contributed by atoms with Crippen LogP contribution in [-0.2, 0) is 0 Å². The van der Waals surface area contributed by atoms with Crippen molar-refractivity contribution >= 4 is 11.7 Å². The normalized spacial score (nSPS) is 17.4. The number of imidazole rings is 1. The molecule has 0 radical (unpaired) electrons. The lowest BCUT2D eigenvalue weighted by Gasteiger charge is -2.32. The number of oxazole rings is 1. The van der Waals surface area contributed by atoms with Crippen LogP contribution in [0.3, 0.4) is 0 Å². The Labute approximate surface area is 145 Å². The number of nitrogens with zero attached hydrogens (tertiary/aromatic N) is 3. The van der Waals surface area contributed by atoms with Crippen molar-refractivity contribution in [2.45, 2.75) is 18.8 Å². The molecule has 2 amide bonds. The summed E-state index contributed by atoms with van der Waals surface area (Å²) in [6.45, 7) is 1.39. The highest BCUT2D eigenvalue weighted by atomic mass is 16.3. The number of aromatic nitrogens is 3. The number of rotatable bonds is 3. The van der Waals surface area contributed by atoms with E-state index >= 15 is 0 Å². The van der Waals surface area contributed by atoms with Gasteiger partial charge in [-0.2, -0.15) is 0 Å². The van der Waals surface area contributed by atoms with Crippen LogP contribution in [0.5, 0.6) is 0 Å². The fourth-order valence-corrected chi connectivity index (χ4v) is 3.21. The molecule has 2 N–H and O–H groups in total. The largest absolute Gasteiger partial charge is 0.444 e. The molecule has 1 aliphatic rings. The Bertz CT molecular complexity index is 829. The number of urea groups is 1. The second-order valence-electron chi connectivity index (χ2n) is 6.07. The van der Waals surface area contributed by atoms with E-state index in [1.807, 2.05) is 35.4 Å². The van der Waals surface area contributed by atoms with Gasteiger partial charge in [0.1, 0.15) is 12.1 Å². The molecular weight excluding hydrogens is 318 g/mol. The SMILES string of the molecule is O=C(Nc1ccccc1-c1ncco1)N1CCCC(c2ncc[nH]2)C1. The minimum Gasteiger partial charge on any atom is -0.444 e. The average molecular weight is 337 g/mol. The molecule has 1 fully saturated rings. The maximum absolute atomic E-state index is 12.7. The number of carbonyl (C=O) groups excluding carboxylic acids is 1. The summed E-state index contributed by atoms with van der Waals surface area (Å²) in [5.74, 6) is 1.68. The number of benzene rings is 1. The van der Waals surface area contributed by atoms with Gasteiger partial charge in [-0.15, -0.1) is 0 Å². The molecule has 1 unspecified atom stereocenters. The van der Waals surface area contributed by atoms with Crippen molar-refractivity contribution in [1.29, 1.82) is 0 Å². The first-order valence-electron chi connectivity index (χ1n) is 8.35. The molecule has 1 aromatic carbocycles. The zero-order valence-electron chi connectivity index (χ0n) is 13.7. The Morgan fingerprint density at radius 1 is 1.28 bits per heavy atom. The molecule has 1 aliphatic heterocycles. The summed E-state index contributed by atoms with van der Waals surface area (Å²) >= 11 is 0. The van der Waals surface area contributed by atoms with Crippen LogP contribution in [-0.4, -0.2) is 39.0 Å². The summed E-state index contributed by atoms with van der Waals surface area (Å²) in [5, 5.41) is 2.99. The minimum absolute atomic E-state index is 0.115. The van der Waals surface area contributed by atoms with E-state index in [4.69, 9.17) is 4.42 Å². The van der Waals surface area contributed by atoms with Crippen LogP contribution >= 0.6 is 0 Å². The quantitative estimate of drug-likeness (QED) is 0.766. The van der Waals surface area contributed by atoms with Crippen LogP contribution in [0.15, 0.2) is 53.5 Å². The highest BCUT2D eigenvalue weighted by Gasteiger charge is 2.26. The van der Waals surface area contributed by atoms with E-state index in [0.717, 1.165) is 30.8 Å². The molecule has 3 heterocycles. The molecule has 3 aromatic rings. The Kier molecular flexibility index (Phi) is 4.20. The van der Waals surface area contributed by atoms with Crippen LogP contribution in [0.2, 0.25) is 0 Å². The van der Waals surface area contributed by atoms with Crippen molar-refractivity contribution in [2.24, 2.45) is 0 Å². The van der Waals surface area contributed by atoms with Crippen LogP contribution in [0.4, 0.5) is 10.5 Å². The number of amides is 2. The van der Waals surface area contributed by atoms with E-state index in [1.165, 1.54) is 6.26 Å². The number of H-pyrrole nitrogens is 1. The molecule has 1 atom stereocenters. The highest BCUT2D eigenvalue weighted by Crippen LogP contribution is 2.28. The van der Waals surface area contributed by atoms with Crippen molar-refractivity contribution < 1.29 is 9.21 Å². The number of hydrogen-bond acceptors (Lipinski definition) is 4. The van der Waals surface area contributed by atoms with Crippen LogP contribution in [0.1, 0.15) is 24.6 Å². The van der Waals surface area contributed by atoms with Crippen molar-refractivity contribution in [2.75, 3.05) is 18.4 Å². The Morgan fingerprint density at radius 3 is 3.00 bits per heavy atom. The molecule has 128 valence electrons. The summed E-state index contributed by atoms with van der Waals surface area (Å²) in [6.07, 6.45) is 8.67. The first kappa shape index (κ1) is 15.4. The zero-order valence-corrected chi connectivity index (χ0v) is 13.7. The third kappa shape index (κ3) is 3.26. The third-order valence-corrected chi connectivity index (χ3v) is 4.45. The van der Waals surface area contributed by atoms with E-state index in [9.17, 15) is 4.79 Å². The predicted molar refractivity (Wildman–Crippen MR) is 93.1 cm³/mol. The van der Waals surface area contributed by atoms with Crippen molar-refractivity contribution in [3.05, 3.63) is 54.9 Å². The predicted octanol–water partition coefficient (Wildman–Crippen LogP) is 3.48. The Morgan fingerprint density at radius 2 is 2.20 bits per heavy atom. The number of aromatic amines is 1. The summed E-state index contributed by atoms with van der Waals surface area (Å²) < 4.78 is 5.36. The van der Waals surface area contributed by atoms with Gasteiger partial charge in [0.05, 0.1) is 17.4 Å². The topological polar surface area (TPSA) is 87.1 Å². The van der Waals surface area contributed by atoms with Crippen molar-refractivity contribution in [1.82, 2.24) is 19.9 Å². The summed E-state index contributed by atoms with van der Waals surface area (Å²) in [6, 6.07) is 7.39. The molecule has 0 saturated carbocycles. The number of carbonyl (C=O) groups is 1. The molecule has 0 spiro atoms. The van der Waals surface area contributed by atoms with Gasteiger partial charge in [0, 0.05) is 31.4 Å². The lowest BCUT2D eigenvalue weighted by atomic mass is 9.97. The number of piperidine rings is 1. The summed E-state index contributed by atoms with van der Waals surface area (Å²) in [4.78, 5) is 26.2. The second-order valence-corrected chi connectivity index (χ2v) is 6.07. The van der Waals surface area contributed by atoms with E-state index in [-0.39, 0.29) is 11.9 Å². The monoisotopic (exact) mass is 337 g/mol. The van der Waals surface area contributed by atoms with E-state index in [0.29, 0.717) is 18.1 Å². The second kappa shape index (κ2) is 6.80. The number of anilines is 1. The van der Waals surface area contributed by atoms with Crippen molar-refractivity contribution in [3.63, 3.8) is 0 Å². The van der Waals surface area contributed by atoms with E-state index in [1.54, 1.807) is 12.4 Å². The molecule has 7 heteroatoms. The standard InChI is InChI=1S/C18H19N5O2/c24-18(23-10-3-4-13(12-23)16-19-7-8-20-16)22-15-6-2-1-5-14(15)17-21-9-11-25-17/h1-2,5-9,11,13H,3-4,10,12H2,(H,19,20)(H,22,24). The van der Waals surface area contributed by atoms with Crippen LogP contribution in [0.25, 0.3) is 11.5 Å². The Hall–Kier alpha value is -3.09. The molecular formula is C18H19N5O2. The maximum Gasteiger partial charge on any atom is 0.321 e. The number of likely N-dealkylation sites (tertiary alicyclic amines) is 1. The van der Waals surface area contributed by atoms with Crippen molar-refractivity contribution in [3.8, 4) is 11.5 Å². The molecule has 2 aromatic heterocycles. The first-order valence-corrected chi connectivity index (χ1v) is 8.35. The van der Waals surface area contributed by atoms with Gasteiger partial charge in [-0.05, 0) is 25.0 Å². The molecule has 0 bridgehead atoms. The van der Waals surface area contributed by atoms with Gasteiger partial charge < -0.3 is 19.6 Å².